The number of piperidine rings is 1. The zero-order valence-electron chi connectivity index (χ0n) is 31.6. The quantitative estimate of drug-likeness (QED) is 0.170. The third kappa shape index (κ3) is 4.22. The highest BCUT2D eigenvalue weighted by molar-refractivity contribution is 6.21. The number of benzene rings is 2. The molecule has 4 unspecified atom stereocenters. The van der Waals surface area contributed by atoms with Gasteiger partial charge >= 0.3 is 11.9 Å². The van der Waals surface area contributed by atoms with E-state index in [2.05, 4.69) is 27.8 Å². The standard InChI is InChI=1S/C42H51ClN4O7/c1-6-23-20-46-21-24(32(23)43)19-41(37(50)53-4,33-26(22-46)25-11-8-9-12-29(25)44-33)28-17-27-30(18-31(28)48)45(3)35-40(27)14-16-47-15-10-13-39(7-2,34(40)47)36(49)42(35,52)38(51)54-5/h8-13,17-18,23-24,32,34-36,44,48-49,52H,6-7,14-16,19-22H2,1-5H3/t23?,24?,32?,34-,35-,36-,39-,40-,41+,42+/m1/s1. The molecule has 3 aromatic rings. The number of ether oxygens (including phenoxy) is 2. The van der Waals surface area contributed by atoms with Gasteiger partial charge in [-0.05, 0) is 60.9 Å². The fourth-order valence-corrected chi connectivity index (χ4v) is 13.2. The van der Waals surface area contributed by atoms with Crippen molar-refractivity contribution in [3.8, 4) is 5.75 Å². The highest BCUT2D eigenvalue weighted by Crippen LogP contribution is 2.67. The number of aromatic nitrogens is 1. The van der Waals surface area contributed by atoms with E-state index in [1.165, 1.54) is 14.2 Å². The van der Waals surface area contributed by atoms with Gasteiger partial charge in [0.25, 0.3) is 0 Å². The third-order valence-electron chi connectivity index (χ3n) is 14.9. The molecule has 12 heteroatoms. The van der Waals surface area contributed by atoms with Crippen molar-refractivity contribution in [2.24, 2.45) is 17.3 Å². The topological polar surface area (TPSA) is 139 Å². The molecule has 5 aliphatic heterocycles. The molecule has 11 nitrogen and oxygen atoms in total. The minimum atomic E-state index is -2.32. The molecule has 0 amide bonds. The molecule has 4 N–H and O–H groups in total. The first-order valence-electron chi connectivity index (χ1n) is 19.4. The minimum absolute atomic E-state index is 0.0978. The first-order valence-corrected chi connectivity index (χ1v) is 19.9. The van der Waals surface area contributed by atoms with Crippen LogP contribution in [0.15, 0.2) is 48.6 Å². The zero-order valence-corrected chi connectivity index (χ0v) is 32.4. The number of aromatic hydroxyl groups is 1. The van der Waals surface area contributed by atoms with Gasteiger partial charge in [-0.3, -0.25) is 14.6 Å². The molecule has 11 atom stereocenters. The summed E-state index contributed by atoms with van der Waals surface area (Å²) in [5, 5.41) is 38.4. The number of H-pyrrole nitrogens is 1. The summed E-state index contributed by atoms with van der Waals surface area (Å²) in [5.41, 5.74) is -1.30. The molecule has 0 radical (unpaired) electrons. The van der Waals surface area contributed by atoms with E-state index in [1.807, 2.05) is 48.2 Å². The summed E-state index contributed by atoms with van der Waals surface area (Å²) in [6, 6.07) is 10.5. The van der Waals surface area contributed by atoms with Crippen LogP contribution in [0, 0.1) is 17.3 Å². The van der Waals surface area contributed by atoms with E-state index in [0.717, 1.165) is 35.0 Å². The molecule has 9 rings (SSSR count). The van der Waals surface area contributed by atoms with Crippen molar-refractivity contribution in [3.05, 3.63) is 70.9 Å². The highest BCUT2D eigenvalue weighted by Gasteiger charge is 2.79. The summed E-state index contributed by atoms with van der Waals surface area (Å²) in [6.45, 7) is 7.61. The van der Waals surface area contributed by atoms with Gasteiger partial charge in [-0.15, -0.1) is 11.6 Å². The minimum Gasteiger partial charge on any atom is -0.508 e. The van der Waals surface area contributed by atoms with Gasteiger partial charge in [-0.25, -0.2) is 4.79 Å². The number of hydrogen-bond donors (Lipinski definition) is 4. The molecule has 6 aliphatic rings. The molecule has 1 aromatic heterocycles. The molecular weight excluding hydrogens is 708 g/mol. The molecule has 3 fully saturated rings. The number of rotatable bonds is 5. The van der Waals surface area contributed by atoms with Gasteiger partial charge in [-0.1, -0.05) is 50.6 Å². The van der Waals surface area contributed by atoms with Gasteiger partial charge < -0.3 is 34.7 Å². The molecule has 1 aliphatic carbocycles. The van der Waals surface area contributed by atoms with Gasteiger partial charge in [0.05, 0.1) is 20.3 Å². The Morgan fingerprint density at radius 3 is 2.54 bits per heavy atom. The Hall–Kier alpha value is -3.61. The van der Waals surface area contributed by atoms with Crippen LogP contribution >= 0.6 is 11.6 Å². The van der Waals surface area contributed by atoms with Gasteiger partial charge in [0.15, 0.2) is 0 Å². The number of anilines is 1. The molecule has 288 valence electrons. The van der Waals surface area contributed by atoms with E-state index in [-0.39, 0.29) is 29.0 Å². The van der Waals surface area contributed by atoms with Crippen molar-refractivity contribution < 1.29 is 34.4 Å². The number of para-hydroxylation sites is 1. The molecule has 1 spiro atoms. The number of nitrogens with zero attached hydrogens (tertiary/aromatic N) is 3. The van der Waals surface area contributed by atoms with Gasteiger partial charge in [0.2, 0.25) is 5.60 Å². The average Bonchev–Trinajstić information content (AvgIpc) is 3.82. The Labute approximate surface area is 320 Å². The number of carbonyl (C=O) groups excluding carboxylic acids is 2. The van der Waals surface area contributed by atoms with Crippen molar-refractivity contribution in [2.45, 2.75) is 86.1 Å². The fourth-order valence-electron chi connectivity index (χ4n) is 12.7. The summed E-state index contributed by atoms with van der Waals surface area (Å²) < 4.78 is 11.1. The summed E-state index contributed by atoms with van der Waals surface area (Å²) >= 11 is 7.37. The number of aliphatic hydroxyl groups excluding tert-OH is 1. The second-order valence-electron chi connectivity index (χ2n) is 16.9. The molecular formula is C42H51ClN4O7. The van der Waals surface area contributed by atoms with Gasteiger partial charge in [0.1, 0.15) is 17.3 Å². The van der Waals surface area contributed by atoms with E-state index in [9.17, 15) is 24.9 Å². The number of phenolic OH excluding ortho intramolecular Hbond substituents is 1. The van der Waals surface area contributed by atoms with Crippen LogP contribution in [0.2, 0.25) is 0 Å². The van der Waals surface area contributed by atoms with Crippen molar-refractivity contribution in [3.63, 3.8) is 0 Å². The third-order valence-corrected chi connectivity index (χ3v) is 15.6. The van der Waals surface area contributed by atoms with Gasteiger partial charge in [-0.2, -0.15) is 0 Å². The number of likely N-dealkylation sites (N-methyl/N-ethyl adjacent to an activating group) is 1. The molecule has 2 saturated heterocycles. The Morgan fingerprint density at radius 1 is 1.06 bits per heavy atom. The van der Waals surface area contributed by atoms with Crippen LogP contribution in [0.4, 0.5) is 5.69 Å². The van der Waals surface area contributed by atoms with E-state index in [1.54, 1.807) is 13.1 Å². The highest BCUT2D eigenvalue weighted by atomic mass is 35.5. The van der Waals surface area contributed by atoms with Crippen LogP contribution in [0.25, 0.3) is 10.9 Å². The number of hydrogen-bond acceptors (Lipinski definition) is 10. The lowest BCUT2D eigenvalue weighted by molar-refractivity contribution is -0.218. The van der Waals surface area contributed by atoms with Crippen LogP contribution in [0.1, 0.15) is 61.9 Å². The van der Waals surface area contributed by atoms with E-state index in [0.29, 0.717) is 62.4 Å². The monoisotopic (exact) mass is 758 g/mol. The molecule has 1 saturated carbocycles. The van der Waals surface area contributed by atoms with Crippen molar-refractivity contribution in [1.29, 1.82) is 0 Å². The predicted molar refractivity (Wildman–Crippen MR) is 205 cm³/mol. The summed E-state index contributed by atoms with van der Waals surface area (Å²) in [4.78, 5) is 39.3. The van der Waals surface area contributed by atoms with Gasteiger partial charge in [0, 0.05) is 89.4 Å². The summed E-state index contributed by atoms with van der Waals surface area (Å²) in [6.07, 6.45) is 4.77. The van der Waals surface area contributed by atoms with E-state index < -0.39 is 45.9 Å². The second-order valence-corrected chi connectivity index (χ2v) is 17.4. The lowest BCUT2D eigenvalue weighted by Gasteiger charge is -2.63. The maximum absolute atomic E-state index is 15.0. The zero-order chi connectivity index (χ0) is 38.1. The number of nitrogens with one attached hydrogen (secondary N) is 1. The number of alkyl halides is 1. The van der Waals surface area contributed by atoms with Crippen LogP contribution in [0.3, 0.4) is 0 Å². The molecule has 6 heterocycles. The Balaban J connectivity index is 1.35. The number of aliphatic hydroxyl groups is 2. The SMILES string of the molecule is CCC1CN2Cc3c([nH]c4ccccc34)[C@@](C(=O)OC)(c3cc4c(cc3O)N(C)[C@H]3[C@@](O)(C(=O)OC)[C@H](O)[C@]5(CC)C=CCN6CC[C@]43[C@H]65)CC(C2)C1Cl. The van der Waals surface area contributed by atoms with Crippen LogP contribution < -0.4 is 4.90 Å². The maximum atomic E-state index is 15.0. The van der Waals surface area contributed by atoms with E-state index in [4.69, 9.17) is 21.1 Å². The summed E-state index contributed by atoms with van der Waals surface area (Å²) in [7, 11) is 4.44. The molecule has 54 heavy (non-hydrogen) atoms. The Kier molecular flexibility index (Phi) is 8.14. The van der Waals surface area contributed by atoms with Crippen molar-refractivity contribution in [1.82, 2.24) is 14.8 Å². The Morgan fingerprint density at radius 2 is 1.81 bits per heavy atom. The number of aromatic amines is 1. The largest absolute Gasteiger partial charge is 0.508 e. The predicted octanol–water partition coefficient (Wildman–Crippen LogP) is 4.18. The normalized spacial score (nSPS) is 39.3. The van der Waals surface area contributed by atoms with Crippen LogP contribution in [0.5, 0.6) is 5.75 Å². The number of esters is 2. The second kappa shape index (κ2) is 12.2. The average molecular weight is 759 g/mol. The van der Waals surface area contributed by atoms with Crippen LogP contribution in [-0.4, -0.2) is 119 Å². The number of phenols is 1. The smallest absolute Gasteiger partial charge is 0.342 e. The lowest BCUT2D eigenvalue weighted by Crippen LogP contribution is -2.80. The van der Waals surface area contributed by atoms with E-state index >= 15 is 0 Å². The van der Waals surface area contributed by atoms with Crippen LogP contribution in [-0.2, 0) is 36.4 Å². The maximum Gasteiger partial charge on any atom is 0.342 e. The Bertz CT molecular complexity index is 2090. The number of fused-ring (bicyclic) bond motifs is 6. The van der Waals surface area contributed by atoms with Crippen molar-refractivity contribution >= 4 is 40.1 Å². The summed E-state index contributed by atoms with van der Waals surface area (Å²) in [5.74, 6) is -1.40. The molecule has 2 bridgehead atoms. The number of carbonyl (C=O) groups is 2. The fraction of sp³-hybridized carbons (Fsp3) is 0.571. The number of halogens is 1. The number of methoxy groups -OCH3 is 2. The first kappa shape index (κ1) is 36.1. The molecule has 2 aromatic carbocycles. The first-order chi connectivity index (χ1) is 25.9. The van der Waals surface area contributed by atoms with Crippen molar-refractivity contribution in [2.75, 3.05) is 52.3 Å². The lowest BCUT2D eigenvalue weighted by atomic mass is 9.47.